The van der Waals surface area contributed by atoms with Crippen LogP contribution in [-0.2, 0) is 6.54 Å². The highest BCUT2D eigenvalue weighted by Gasteiger charge is 2.05. The van der Waals surface area contributed by atoms with Crippen molar-refractivity contribution in [2.45, 2.75) is 13.5 Å². The van der Waals surface area contributed by atoms with Gasteiger partial charge in [0.25, 0.3) is 0 Å². The molecule has 3 rings (SSSR count). The molecule has 4 nitrogen and oxygen atoms in total. The van der Waals surface area contributed by atoms with Crippen molar-refractivity contribution in [3.05, 3.63) is 58.2 Å². The smallest absolute Gasteiger partial charge is 0.243 e. The average molecular weight is 317 g/mol. The molecule has 0 aliphatic carbocycles. The van der Waals surface area contributed by atoms with Crippen molar-refractivity contribution in [2.75, 3.05) is 5.32 Å². The number of hydrogen-bond acceptors (Lipinski definition) is 3. The molecule has 1 aromatic carbocycles. The van der Waals surface area contributed by atoms with Crippen molar-refractivity contribution in [1.29, 1.82) is 0 Å². The summed E-state index contributed by atoms with van der Waals surface area (Å²) in [5, 5.41) is 7.62. The van der Waals surface area contributed by atoms with Gasteiger partial charge in [-0.3, -0.25) is 0 Å². The van der Waals surface area contributed by atoms with Crippen molar-refractivity contribution >= 4 is 27.5 Å². The first-order valence-electron chi connectivity index (χ1n) is 6.03. The molecule has 2 heterocycles. The summed E-state index contributed by atoms with van der Waals surface area (Å²) in [5.74, 6) is 0.633. The Morgan fingerprint density at radius 2 is 2.16 bits per heavy atom. The third kappa shape index (κ3) is 2.61. The number of nitrogens with zero attached hydrogens (tertiary/aromatic N) is 3. The highest BCUT2D eigenvalue weighted by Crippen LogP contribution is 2.17. The minimum Gasteiger partial charge on any atom is -0.349 e. The van der Waals surface area contributed by atoms with Crippen LogP contribution in [0.2, 0.25) is 0 Å². The second-order valence-corrected chi connectivity index (χ2v) is 5.26. The fraction of sp³-hybridized carbons (Fsp3) is 0.143. The van der Waals surface area contributed by atoms with E-state index in [0.717, 1.165) is 16.7 Å². The number of nitrogens with one attached hydrogen (secondary N) is 1. The Balaban J connectivity index is 1.80. The van der Waals surface area contributed by atoms with E-state index < -0.39 is 0 Å². The van der Waals surface area contributed by atoms with E-state index in [0.29, 0.717) is 5.95 Å². The first kappa shape index (κ1) is 12.2. The average Bonchev–Trinajstić information content (AvgIpc) is 2.81. The van der Waals surface area contributed by atoms with Crippen LogP contribution in [0.5, 0.6) is 0 Å². The Bertz CT molecular complexity index is 720. The molecule has 2 aromatic heterocycles. The normalized spacial score (nSPS) is 10.8. The summed E-state index contributed by atoms with van der Waals surface area (Å²) in [7, 11) is 0. The quantitative estimate of drug-likeness (QED) is 0.805. The Morgan fingerprint density at radius 1 is 1.26 bits per heavy atom. The number of benzene rings is 1. The van der Waals surface area contributed by atoms with Gasteiger partial charge in [-0.05, 0) is 40.5 Å². The van der Waals surface area contributed by atoms with E-state index >= 15 is 0 Å². The molecule has 0 fully saturated rings. The van der Waals surface area contributed by atoms with Crippen LogP contribution in [-0.4, -0.2) is 14.6 Å². The molecule has 1 N–H and O–H groups in total. The molecule has 0 atom stereocenters. The van der Waals surface area contributed by atoms with Gasteiger partial charge in [0.15, 0.2) is 5.65 Å². The third-order valence-electron chi connectivity index (χ3n) is 2.85. The van der Waals surface area contributed by atoms with Crippen molar-refractivity contribution in [3.8, 4) is 0 Å². The maximum absolute atomic E-state index is 4.44. The molecule has 0 spiro atoms. The fourth-order valence-electron chi connectivity index (χ4n) is 1.95. The predicted molar refractivity (Wildman–Crippen MR) is 79.2 cm³/mol. The first-order valence-corrected chi connectivity index (χ1v) is 6.82. The summed E-state index contributed by atoms with van der Waals surface area (Å²) in [5.41, 5.74) is 3.29. The Labute approximate surface area is 119 Å². The lowest BCUT2D eigenvalue weighted by molar-refractivity contribution is 0.948. The lowest BCUT2D eigenvalue weighted by Crippen LogP contribution is -2.01. The van der Waals surface area contributed by atoms with Crippen LogP contribution in [0.15, 0.2) is 47.1 Å². The number of anilines is 1. The number of rotatable bonds is 3. The number of pyridine rings is 1. The number of halogens is 1. The van der Waals surface area contributed by atoms with Gasteiger partial charge >= 0.3 is 0 Å². The van der Waals surface area contributed by atoms with Gasteiger partial charge in [-0.2, -0.15) is 4.98 Å². The van der Waals surface area contributed by atoms with Crippen LogP contribution in [0.3, 0.4) is 0 Å². The zero-order chi connectivity index (χ0) is 13.2. The summed E-state index contributed by atoms with van der Waals surface area (Å²) in [6, 6.07) is 12.3. The monoisotopic (exact) mass is 316 g/mol. The summed E-state index contributed by atoms with van der Waals surface area (Å²) >= 11 is 3.46. The highest BCUT2D eigenvalue weighted by atomic mass is 79.9. The van der Waals surface area contributed by atoms with Crippen molar-refractivity contribution in [1.82, 2.24) is 14.6 Å². The van der Waals surface area contributed by atoms with Gasteiger partial charge in [0, 0.05) is 12.7 Å². The van der Waals surface area contributed by atoms with E-state index in [9.17, 15) is 0 Å². The van der Waals surface area contributed by atoms with Gasteiger partial charge < -0.3 is 5.32 Å². The topological polar surface area (TPSA) is 42.2 Å². The number of aryl methyl sites for hydroxylation is 1. The van der Waals surface area contributed by atoms with Gasteiger partial charge in [0.1, 0.15) is 0 Å². The summed E-state index contributed by atoms with van der Waals surface area (Å²) < 4.78 is 2.69. The third-order valence-corrected chi connectivity index (χ3v) is 3.47. The van der Waals surface area contributed by atoms with Crippen LogP contribution in [0.1, 0.15) is 11.1 Å². The van der Waals surface area contributed by atoms with E-state index in [1.165, 1.54) is 11.1 Å². The summed E-state index contributed by atoms with van der Waals surface area (Å²) in [4.78, 5) is 4.44. The second kappa shape index (κ2) is 5.01. The zero-order valence-corrected chi connectivity index (χ0v) is 12.1. The predicted octanol–water partition coefficient (Wildman–Crippen LogP) is 3.41. The van der Waals surface area contributed by atoms with E-state index in [1.54, 1.807) is 4.52 Å². The lowest BCUT2D eigenvalue weighted by Gasteiger charge is -2.02. The molecule has 0 aliphatic heterocycles. The molecule has 3 aromatic rings. The molecule has 19 heavy (non-hydrogen) atoms. The lowest BCUT2D eigenvalue weighted by atomic mass is 10.1. The van der Waals surface area contributed by atoms with Gasteiger partial charge in [0.05, 0.1) is 4.47 Å². The molecular weight excluding hydrogens is 304 g/mol. The van der Waals surface area contributed by atoms with E-state index in [4.69, 9.17) is 0 Å². The summed E-state index contributed by atoms with van der Waals surface area (Å²) in [6.07, 6.45) is 1.88. The SMILES string of the molecule is Cc1cccc(CNc2nc3c(Br)cccn3n2)c1. The van der Waals surface area contributed by atoms with Crippen LogP contribution < -0.4 is 5.32 Å². The molecule has 0 aliphatic rings. The van der Waals surface area contributed by atoms with Gasteiger partial charge in [-0.1, -0.05) is 29.8 Å². The number of hydrogen-bond donors (Lipinski definition) is 1. The largest absolute Gasteiger partial charge is 0.349 e. The molecule has 5 heteroatoms. The zero-order valence-electron chi connectivity index (χ0n) is 10.5. The minimum atomic E-state index is 0.633. The van der Waals surface area contributed by atoms with Gasteiger partial charge in [-0.15, -0.1) is 5.10 Å². The maximum Gasteiger partial charge on any atom is 0.243 e. The van der Waals surface area contributed by atoms with E-state index in [2.05, 4.69) is 62.5 Å². The Kier molecular flexibility index (Phi) is 3.21. The van der Waals surface area contributed by atoms with Crippen LogP contribution in [0.25, 0.3) is 5.65 Å². The number of fused-ring (bicyclic) bond motifs is 1. The highest BCUT2D eigenvalue weighted by molar-refractivity contribution is 9.10. The minimum absolute atomic E-state index is 0.633. The molecule has 0 radical (unpaired) electrons. The van der Waals surface area contributed by atoms with Gasteiger partial charge in [0.2, 0.25) is 5.95 Å². The molecule has 0 saturated heterocycles. The fourth-order valence-corrected chi connectivity index (χ4v) is 2.37. The molecule has 0 bridgehead atoms. The molecule has 0 saturated carbocycles. The van der Waals surface area contributed by atoms with Crippen LogP contribution in [0, 0.1) is 6.92 Å². The molecule has 96 valence electrons. The van der Waals surface area contributed by atoms with Crippen molar-refractivity contribution < 1.29 is 0 Å². The van der Waals surface area contributed by atoms with Crippen LogP contribution in [0.4, 0.5) is 5.95 Å². The van der Waals surface area contributed by atoms with Gasteiger partial charge in [-0.25, -0.2) is 4.52 Å². The Hall–Kier alpha value is -1.88. The molecular formula is C14H13BrN4. The molecule has 0 unspecified atom stereocenters. The van der Waals surface area contributed by atoms with Crippen LogP contribution >= 0.6 is 15.9 Å². The number of aromatic nitrogens is 3. The Morgan fingerprint density at radius 3 is 2.95 bits per heavy atom. The summed E-state index contributed by atoms with van der Waals surface area (Å²) in [6.45, 7) is 2.81. The standard InChI is InChI=1S/C14H13BrN4/c1-10-4-2-5-11(8-10)9-16-14-17-13-12(15)6-3-7-19(13)18-14/h2-8H,9H2,1H3,(H,16,18). The van der Waals surface area contributed by atoms with E-state index in [-0.39, 0.29) is 0 Å². The first-order chi connectivity index (χ1) is 9.22. The van der Waals surface area contributed by atoms with Crippen molar-refractivity contribution in [3.63, 3.8) is 0 Å². The molecule has 0 amide bonds. The maximum atomic E-state index is 4.44. The van der Waals surface area contributed by atoms with E-state index in [1.807, 2.05) is 18.3 Å². The van der Waals surface area contributed by atoms with Crippen molar-refractivity contribution in [2.24, 2.45) is 0 Å². The second-order valence-electron chi connectivity index (χ2n) is 4.40.